The van der Waals surface area contributed by atoms with Crippen molar-refractivity contribution in [1.29, 1.82) is 0 Å². The third kappa shape index (κ3) is 7.40. The number of carbonyl (C=O) groups excluding carboxylic acids is 4. The third-order valence-electron chi connectivity index (χ3n) is 7.01. The van der Waals surface area contributed by atoms with E-state index in [1.54, 1.807) is 18.2 Å². The fourth-order valence-electron chi connectivity index (χ4n) is 5.13. The molecule has 1 fully saturated rings. The first-order chi connectivity index (χ1) is 22.0. The topological polar surface area (TPSA) is 172 Å². The van der Waals surface area contributed by atoms with E-state index in [-0.39, 0.29) is 22.1 Å². The number of esters is 4. The Morgan fingerprint density at radius 1 is 0.783 bits per heavy atom. The van der Waals surface area contributed by atoms with Crippen LogP contribution in [0.25, 0.3) is 22.1 Å². The first-order valence-electron chi connectivity index (χ1n) is 14.4. The zero-order valence-corrected chi connectivity index (χ0v) is 25.5. The highest BCUT2D eigenvalue weighted by atomic mass is 16.7. The first kappa shape index (κ1) is 32.3. The second kappa shape index (κ2) is 13.9. The van der Waals surface area contributed by atoms with E-state index >= 15 is 0 Å². The van der Waals surface area contributed by atoms with Crippen molar-refractivity contribution in [3.05, 3.63) is 52.9 Å². The number of benzene rings is 2. The van der Waals surface area contributed by atoms with Crippen molar-refractivity contribution in [2.75, 3.05) is 19.8 Å². The van der Waals surface area contributed by atoms with Crippen LogP contribution in [-0.4, -0.2) is 74.4 Å². The lowest BCUT2D eigenvalue weighted by Gasteiger charge is -2.43. The summed E-state index contributed by atoms with van der Waals surface area (Å²) in [5, 5.41) is 0.249. The van der Waals surface area contributed by atoms with Crippen molar-refractivity contribution < 1.29 is 61.5 Å². The van der Waals surface area contributed by atoms with Crippen molar-refractivity contribution in [3.63, 3.8) is 0 Å². The van der Waals surface area contributed by atoms with Gasteiger partial charge in [-0.1, -0.05) is 6.07 Å². The second-order valence-corrected chi connectivity index (χ2v) is 10.5. The molecule has 2 aliphatic heterocycles. The van der Waals surface area contributed by atoms with Gasteiger partial charge in [0, 0.05) is 40.2 Å². The van der Waals surface area contributed by atoms with Crippen LogP contribution >= 0.6 is 0 Å². The van der Waals surface area contributed by atoms with Gasteiger partial charge in [0.1, 0.15) is 30.3 Å². The summed E-state index contributed by atoms with van der Waals surface area (Å²) in [6.07, 6.45) is -4.74. The van der Waals surface area contributed by atoms with E-state index in [1.807, 2.05) is 0 Å². The van der Waals surface area contributed by atoms with E-state index in [0.717, 1.165) is 27.2 Å². The van der Waals surface area contributed by atoms with Crippen LogP contribution in [-0.2, 0) is 42.9 Å². The number of ether oxygens (including phenoxy) is 8. The van der Waals surface area contributed by atoms with Gasteiger partial charge in [-0.2, -0.15) is 0 Å². The Kier molecular flexibility index (Phi) is 9.75. The number of hydrogen-bond acceptors (Lipinski definition) is 14. The Labute approximate surface area is 262 Å². The van der Waals surface area contributed by atoms with Gasteiger partial charge in [-0.15, -0.1) is 0 Å². The highest BCUT2D eigenvalue weighted by Crippen LogP contribution is 2.35. The van der Waals surface area contributed by atoms with Crippen LogP contribution < -0.4 is 19.6 Å². The van der Waals surface area contributed by atoms with Crippen LogP contribution in [0.2, 0.25) is 0 Å². The van der Waals surface area contributed by atoms with Gasteiger partial charge in [-0.3, -0.25) is 24.0 Å². The van der Waals surface area contributed by atoms with E-state index in [0.29, 0.717) is 35.8 Å². The molecule has 46 heavy (non-hydrogen) atoms. The number of fused-ring (bicyclic) bond motifs is 2. The Morgan fingerprint density at radius 3 is 2.15 bits per heavy atom. The van der Waals surface area contributed by atoms with Crippen molar-refractivity contribution in [1.82, 2.24) is 0 Å². The summed E-state index contributed by atoms with van der Waals surface area (Å²) in [5.74, 6) is -1.70. The average molecular weight is 641 g/mol. The normalized spacial score (nSPS) is 22.2. The molecule has 0 amide bonds. The van der Waals surface area contributed by atoms with Crippen LogP contribution in [0.3, 0.4) is 0 Å². The minimum Gasteiger partial charge on any atom is -0.490 e. The van der Waals surface area contributed by atoms with Crippen molar-refractivity contribution >= 4 is 34.8 Å². The predicted octanol–water partition coefficient (Wildman–Crippen LogP) is 3.08. The predicted molar refractivity (Wildman–Crippen MR) is 156 cm³/mol. The van der Waals surface area contributed by atoms with Gasteiger partial charge in [0.15, 0.2) is 29.1 Å². The maximum Gasteiger partial charge on any atom is 0.303 e. The summed E-state index contributed by atoms with van der Waals surface area (Å²) < 4.78 is 50.6. The molecular formula is C32H32O14. The molecule has 1 saturated heterocycles. The van der Waals surface area contributed by atoms with Gasteiger partial charge in [0.25, 0.3) is 0 Å². The molecule has 1 aromatic heterocycles. The van der Waals surface area contributed by atoms with Gasteiger partial charge in [0.05, 0.1) is 24.2 Å². The summed E-state index contributed by atoms with van der Waals surface area (Å²) in [6, 6.07) is 9.61. The zero-order valence-electron chi connectivity index (χ0n) is 25.5. The number of rotatable bonds is 8. The molecule has 244 valence electrons. The molecule has 0 aliphatic carbocycles. The fourth-order valence-corrected chi connectivity index (χ4v) is 5.13. The highest BCUT2D eigenvalue weighted by molar-refractivity contribution is 5.83. The fraction of sp³-hybridized carbons (Fsp3) is 0.406. The summed E-state index contributed by atoms with van der Waals surface area (Å²) in [5.41, 5.74) is 0.745. The molecule has 3 aromatic rings. The highest BCUT2D eigenvalue weighted by Gasteiger charge is 2.53. The Bertz CT molecular complexity index is 1690. The molecule has 0 N–H and O–H groups in total. The molecular weight excluding hydrogens is 608 g/mol. The number of carbonyl (C=O) groups is 4. The minimum atomic E-state index is -1.45. The lowest BCUT2D eigenvalue weighted by Crippen LogP contribution is -2.63. The van der Waals surface area contributed by atoms with E-state index in [4.69, 9.17) is 42.3 Å². The van der Waals surface area contributed by atoms with Gasteiger partial charge in [0.2, 0.25) is 12.4 Å². The third-order valence-corrected chi connectivity index (χ3v) is 7.01. The number of hydrogen-bond donors (Lipinski definition) is 0. The quantitative estimate of drug-likeness (QED) is 0.260. The van der Waals surface area contributed by atoms with Gasteiger partial charge in [-0.25, -0.2) is 0 Å². The van der Waals surface area contributed by atoms with Gasteiger partial charge < -0.3 is 42.3 Å². The monoisotopic (exact) mass is 640 g/mol. The Hall–Kier alpha value is -5.11. The van der Waals surface area contributed by atoms with E-state index < -0.39 is 61.2 Å². The lowest BCUT2D eigenvalue weighted by molar-refractivity contribution is -0.288. The van der Waals surface area contributed by atoms with Crippen LogP contribution in [0.5, 0.6) is 17.2 Å². The van der Waals surface area contributed by atoms with Crippen LogP contribution in [0.15, 0.2) is 51.9 Å². The van der Waals surface area contributed by atoms with Crippen molar-refractivity contribution in [2.24, 2.45) is 0 Å². The molecule has 0 radical (unpaired) electrons. The zero-order chi connectivity index (χ0) is 33.0. The molecule has 5 atom stereocenters. The molecule has 0 spiro atoms. The van der Waals surface area contributed by atoms with E-state index in [1.165, 1.54) is 31.4 Å². The SMILES string of the molecule is CC(=O)OC[C@@H]1O[C@H](Oc2ccc3c(=O)c(-c4ccc5c(c4)OCCCO5)coc3c2)[C@H](OC(C)=O)[C@H](OC(C)=O)[C@H]1OC(C)=O. The maximum atomic E-state index is 13.5. The molecule has 2 aliphatic rings. The first-order valence-corrected chi connectivity index (χ1v) is 14.4. The van der Waals surface area contributed by atoms with Gasteiger partial charge in [-0.05, 0) is 29.8 Å². The Balaban J connectivity index is 1.46. The van der Waals surface area contributed by atoms with Crippen LogP contribution in [0.4, 0.5) is 0 Å². The van der Waals surface area contributed by atoms with Gasteiger partial charge >= 0.3 is 23.9 Å². The smallest absolute Gasteiger partial charge is 0.303 e. The second-order valence-electron chi connectivity index (χ2n) is 10.5. The van der Waals surface area contributed by atoms with Crippen LogP contribution in [0.1, 0.15) is 34.1 Å². The van der Waals surface area contributed by atoms with Crippen molar-refractivity contribution in [2.45, 2.75) is 64.8 Å². The molecule has 14 heteroatoms. The summed E-state index contributed by atoms with van der Waals surface area (Å²) >= 11 is 0. The van der Waals surface area contributed by atoms with E-state index in [9.17, 15) is 24.0 Å². The molecule has 0 unspecified atom stereocenters. The van der Waals surface area contributed by atoms with E-state index in [2.05, 4.69) is 0 Å². The summed E-state index contributed by atoms with van der Waals surface area (Å²) in [7, 11) is 0. The average Bonchev–Trinajstić information content (AvgIpc) is 3.24. The molecule has 2 aromatic carbocycles. The summed E-state index contributed by atoms with van der Waals surface area (Å²) in [6.45, 7) is 5.16. The van der Waals surface area contributed by atoms with Crippen molar-refractivity contribution in [3.8, 4) is 28.4 Å². The summed E-state index contributed by atoms with van der Waals surface area (Å²) in [4.78, 5) is 61.2. The molecule has 0 saturated carbocycles. The molecule has 5 rings (SSSR count). The van der Waals surface area contributed by atoms with Crippen LogP contribution in [0, 0.1) is 0 Å². The standard InChI is InChI=1S/C32H32O14/c1-16(33)40-15-27-29(42-17(2)34)30(43-18(3)35)31(44-19(4)36)32(46-27)45-21-7-8-22-25(13-21)41-14-23(28(22)37)20-6-9-24-26(12-20)39-11-5-10-38-24/h6-9,12-14,27,29-32H,5,10-11,15H2,1-4H3/t27-,29-,30+,31+,32-/m0/s1. The largest absolute Gasteiger partial charge is 0.490 e. The molecule has 3 heterocycles. The lowest BCUT2D eigenvalue weighted by atomic mass is 9.98. The minimum absolute atomic E-state index is 0.125. The molecule has 14 nitrogen and oxygen atoms in total. The molecule has 0 bridgehead atoms. The Morgan fingerprint density at radius 2 is 1.46 bits per heavy atom. The maximum absolute atomic E-state index is 13.5.